The average molecular weight is 283 g/mol. The summed E-state index contributed by atoms with van der Waals surface area (Å²) in [5.41, 5.74) is 6.92. The monoisotopic (exact) mass is 283 g/mol. The summed E-state index contributed by atoms with van der Waals surface area (Å²) in [5.74, 6) is 10.5. The zero-order valence-corrected chi connectivity index (χ0v) is 11.1. The molecule has 19 heavy (non-hydrogen) atoms. The number of nitrogens with two attached hydrogens (primary N) is 2. The third-order valence-corrected chi connectivity index (χ3v) is 3.76. The van der Waals surface area contributed by atoms with Crippen molar-refractivity contribution in [2.24, 2.45) is 5.84 Å². The largest absolute Gasteiger partial charge is 0.347 e. The number of carbonyl (C=O) groups excluding carboxylic acids is 1. The standard InChI is InChI=1S/C9H13N7O2S/c1-3-4(2)19-6-5(3)7(17)16(11)8(12-6)14-15-9(18)13-10/h10-11H2,1-2H3,(H,12,14)(H2,13,15,18). The van der Waals surface area contributed by atoms with Crippen molar-refractivity contribution in [3.63, 3.8) is 0 Å². The second-order valence-electron chi connectivity index (χ2n) is 3.80. The number of rotatable bonds is 2. The maximum atomic E-state index is 12.1. The molecule has 0 aromatic carbocycles. The molecule has 0 radical (unpaired) electrons. The predicted octanol–water partition coefficient (Wildman–Crippen LogP) is -0.712. The lowest BCUT2D eigenvalue weighted by molar-refractivity contribution is 0.243. The van der Waals surface area contributed by atoms with E-state index in [9.17, 15) is 9.59 Å². The third-order valence-electron chi connectivity index (χ3n) is 2.65. The van der Waals surface area contributed by atoms with Crippen LogP contribution in [0.15, 0.2) is 4.79 Å². The van der Waals surface area contributed by atoms with E-state index in [0.29, 0.717) is 10.2 Å². The Balaban J connectivity index is 2.49. The van der Waals surface area contributed by atoms with Crippen LogP contribution in [0.4, 0.5) is 10.7 Å². The molecule has 0 bridgehead atoms. The number of amides is 2. The van der Waals surface area contributed by atoms with Gasteiger partial charge in [-0.3, -0.25) is 15.6 Å². The van der Waals surface area contributed by atoms with Crippen molar-refractivity contribution >= 4 is 33.5 Å². The van der Waals surface area contributed by atoms with Gasteiger partial charge in [-0.05, 0) is 19.4 Å². The maximum Gasteiger partial charge on any atom is 0.347 e. The zero-order valence-electron chi connectivity index (χ0n) is 10.3. The molecule has 0 aliphatic heterocycles. The molecule has 102 valence electrons. The summed E-state index contributed by atoms with van der Waals surface area (Å²) >= 11 is 1.38. The lowest BCUT2D eigenvalue weighted by Gasteiger charge is -2.10. The first-order valence-electron chi connectivity index (χ1n) is 5.26. The molecular weight excluding hydrogens is 270 g/mol. The number of nitrogen functional groups attached to an aromatic ring is 1. The summed E-state index contributed by atoms with van der Waals surface area (Å²) in [6.45, 7) is 3.74. The van der Waals surface area contributed by atoms with Crippen molar-refractivity contribution in [3.8, 4) is 0 Å². The van der Waals surface area contributed by atoms with E-state index in [4.69, 9.17) is 11.7 Å². The molecule has 2 amide bonds. The molecule has 2 aromatic heterocycles. The van der Waals surface area contributed by atoms with Gasteiger partial charge in [-0.1, -0.05) is 0 Å². The smallest absolute Gasteiger partial charge is 0.333 e. The fourth-order valence-electron chi connectivity index (χ4n) is 1.54. The van der Waals surface area contributed by atoms with Crippen LogP contribution in [0.1, 0.15) is 10.4 Å². The molecule has 0 saturated heterocycles. The van der Waals surface area contributed by atoms with E-state index < -0.39 is 6.03 Å². The number of nitrogens with zero attached hydrogens (tertiary/aromatic N) is 2. The number of anilines is 1. The van der Waals surface area contributed by atoms with Gasteiger partial charge in [0.25, 0.3) is 5.56 Å². The molecule has 0 fully saturated rings. The molecule has 0 saturated carbocycles. The van der Waals surface area contributed by atoms with E-state index in [1.165, 1.54) is 11.3 Å². The average Bonchev–Trinajstić information content (AvgIpc) is 2.67. The number of hydrogen-bond donors (Lipinski definition) is 5. The van der Waals surface area contributed by atoms with Crippen LogP contribution in [0, 0.1) is 13.8 Å². The Morgan fingerprint density at radius 3 is 2.74 bits per heavy atom. The highest BCUT2D eigenvalue weighted by atomic mass is 32.1. The van der Waals surface area contributed by atoms with Crippen LogP contribution in [0.3, 0.4) is 0 Å². The van der Waals surface area contributed by atoms with Gasteiger partial charge in [0.05, 0.1) is 5.39 Å². The Kier molecular flexibility index (Phi) is 3.27. The van der Waals surface area contributed by atoms with Crippen LogP contribution >= 0.6 is 11.3 Å². The number of hydrogen-bond acceptors (Lipinski definition) is 7. The summed E-state index contributed by atoms with van der Waals surface area (Å²) < 4.78 is 0.832. The molecule has 2 rings (SSSR count). The van der Waals surface area contributed by atoms with Crippen molar-refractivity contribution < 1.29 is 4.79 Å². The normalized spacial score (nSPS) is 10.5. The van der Waals surface area contributed by atoms with Crippen LogP contribution in [0.2, 0.25) is 0 Å². The molecular formula is C9H13N7O2S. The highest BCUT2D eigenvalue weighted by Gasteiger charge is 2.15. The van der Waals surface area contributed by atoms with E-state index in [2.05, 4.69) is 15.8 Å². The van der Waals surface area contributed by atoms with E-state index in [1.54, 1.807) is 0 Å². The van der Waals surface area contributed by atoms with Crippen molar-refractivity contribution in [1.82, 2.24) is 20.5 Å². The summed E-state index contributed by atoms with van der Waals surface area (Å²) in [7, 11) is 0. The first-order valence-corrected chi connectivity index (χ1v) is 6.07. The van der Waals surface area contributed by atoms with Gasteiger partial charge in [0.2, 0.25) is 5.95 Å². The van der Waals surface area contributed by atoms with E-state index in [1.807, 2.05) is 19.3 Å². The van der Waals surface area contributed by atoms with Crippen LogP contribution in [0.25, 0.3) is 10.2 Å². The Hall–Kier alpha value is -2.33. The Labute approximate surface area is 111 Å². The summed E-state index contributed by atoms with van der Waals surface area (Å²) in [6, 6.07) is -0.687. The molecule has 0 spiro atoms. The molecule has 0 aliphatic carbocycles. The lowest BCUT2D eigenvalue weighted by atomic mass is 10.2. The highest BCUT2D eigenvalue weighted by molar-refractivity contribution is 7.18. The fourth-order valence-corrected chi connectivity index (χ4v) is 2.56. The number of hydrazine groups is 2. The van der Waals surface area contributed by atoms with Gasteiger partial charge in [-0.2, -0.15) is 4.68 Å². The number of urea groups is 1. The minimum absolute atomic E-state index is 0.0161. The molecule has 0 unspecified atom stereocenters. The second kappa shape index (κ2) is 4.74. The Morgan fingerprint density at radius 2 is 2.11 bits per heavy atom. The minimum atomic E-state index is -0.687. The van der Waals surface area contributed by atoms with E-state index in [-0.39, 0.29) is 11.5 Å². The predicted molar refractivity (Wildman–Crippen MR) is 73.0 cm³/mol. The van der Waals surface area contributed by atoms with Gasteiger partial charge in [0.1, 0.15) is 4.83 Å². The van der Waals surface area contributed by atoms with Crippen molar-refractivity contribution in [3.05, 3.63) is 20.8 Å². The second-order valence-corrected chi connectivity index (χ2v) is 5.00. The molecule has 10 heteroatoms. The summed E-state index contributed by atoms with van der Waals surface area (Å²) in [6.07, 6.45) is 0. The van der Waals surface area contributed by atoms with Crippen LogP contribution in [-0.2, 0) is 0 Å². The minimum Gasteiger partial charge on any atom is -0.333 e. The first-order chi connectivity index (χ1) is 8.95. The Morgan fingerprint density at radius 1 is 1.42 bits per heavy atom. The van der Waals surface area contributed by atoms with E-state index >= 15 is 0 Å². The summed E-state index contributed by atoms with van der Waals surface area (Å²) in [5, 5.41) is 0.485. The van der Waals surface area contributed by atoms with Crippen LogP contribution in [-0.4, -0.2) is 15.7 Å². The van der Waals surface area contributed by atoms with Gasteiger partial charge in [0, 0.05) is 4.88 Å². The van der Waals surface area contributed by atoms with E-state index in [0.717, 1.165) is 15.1 Å². The number of thiophene rings is 1. The van der Waals surface area contributed by atoms with Gasteiger partial charge in [0.15, 0.2) is 0 Å². The quantitative estimate of drug-likeness (QED) is 0.280. The number of carbonyl (C=O) groups is 1. The maximum absolute atomic E-state index is 12.1. The van der Waals surface area contributed by atoms with Gasteiger partial charge in [-0.25, -0.2) is 21.0 Å². The fraction of sp³-hybridized carbons (Fsp3) is 0.222. The number of aryl methyl sites for hydroxylation is 2. The zero-order chi connectivity index (χ0) is 14.2. The van der Waals surface area contributed by atoms with Gasteiger partial charge in [-0.15, -0.1) is 11.3 Å². The first kappa shape index (κ1) is 13.1. The molecule has 0 atom stereocenters. The Bertz CT molecular complexity index is 705. The lowest BCUT2D eigenvalue weighted by Crippen LogP contribution is -2.44. The van der Waals surface area contributed by atoms with Gasteiger partial charge < -0.3 is 5.84 Å². The summed E-state index contributed by atoms with van der Waals surface area (Å²) in [4.78, 5) is 28.8. The topological polar surface area (TPSA) is 140 Å². The van der Waals surface area contributed by atoms with Crippen LogP contribution < -0.4 is 33.5 Å². The number of aromatic nitrogens is 2. The van der Waals surface area contributed by atoms with Crippen molar-refractivity contribution in [1.29, 1.82) is 0 Å². The molecule has 2 heterocycles. The highest BCUT2D eigenvalue weighted by Crippen LogP contribution is 2.26. The SMILES string of the molecule is Cc1sc2nc(NNC(=O)NN)n(N)c(=O)c2c1C. The van der Waals surface area contributed by atoms with Crippen molar-refractivity contribution in [2.45, 2.75) is 13.8 Å². The molecule has 2 aromatic rings. The van der Waals surface area contributed by atoms with Gasteiger partial charge >= 0.3 is 6.03 Å². The molecule has 0 aliphatic rings. The number of fused-ring (bicyclic) bond motifs is 1. The molecule has 9 nitrogen and oxygen atoms in total. The third kappa shape index (κ3) is 2.18. The molecule has 7 N–H and O–H groups in total. The number of nitrogens with one attached hydrogen (secondary N) is 3. The van der Waals surface area contributed by atoms with Crippen LogP contribution in [0.5, 0.6) is 0 Å². The van der Waals surface area contributed by atoms with Crippen molar-refractivity contribution in [2.75, 3.05) is 11.3 Å².